The van der Waals surface area contributed by atoms with E-state index in [9.17, 15) is 9.59 Å². The highest BCUT2D eigenvalue weighted by Gasteiger charge is 2.33. The molecule has 108 valence electrons. The Balaban J connectivity index is 2.18. The fraction of sp³-hybridized carbons (Fsp3) is 0.467. The van der Waals surface area contributed by atoms with Gasteiger partial charge in [-0.15, -0.1) is 0 Å². The smallest absolute Gasteiger partial charge is 0.328 e. The highest BCUT2D eigenvalue weighted by atomic mass is 16.5. The van der Waals surface area contributed by atoms with Crippen LogP contribution in [0.25, 0.3) is 0 Å². The summed E-state index contributed by atoms with van der Waals surface area (Å²) in [5.74, 6) is -0.458. The number of hydrogen-bond acceptors (Lipinski definition) is 4. The molecule has 1 fully saturated rings. The molecule has 1 saturated heterocycles. The molecule has 1 atom stereocenters. The van der Waals surface area contributed by atoms with Crippen LogP contribution >= 0.6 is 0 Å². The number of likely N-dealkylation sites (tertiary alicyclic amines) is 1. The zero-order chi connectivity index (χ0) is 14.5. The average molecular weight is 276 g/mol. The van der Waals surface area contributed by atoms with Crippen LogP contribution in [0.3, 0.4) is 0 Å². The number of nitrogens with two attached hydrogens (primary N) is 1. The molecular formula is C15H20N2O3. The molecule has 0 saturated carbocycles. The molecule has 1 unspecified atom stereocenters. The Hall–Kier alpha value is -1.88. The molecule has 5 heteroatoms. The Labute approximate surface area is 118 Å². The lowest BCUT2D eigenvalue weighted by Gasteiger charge is -2.33. The molecule has 1 aliphatic rings. The maximum absolute atomic E-state index is 12.5. The minimum atomic E-state index is -0.463. The van der Waals surface area contributed by atoms with Crippen molar-refractivity contribution in [2.75, 3.05) is 13.7 Å². The van der Waals surface area contributed by atoms with E-state index >= 15 is 0 Å². The lowest BCUT2D eigenvalue weighted by atomic mass is 10.0. The second kappa shape index (κ2) is 6.52. The zero-order valence-electron chi connectivity index (χ0n) is 11.7. The minimum absolute atomic E-state index is 0.122. The third kappa shape index (κ3) is 2.99. The van der Waals surface area contributed by atoms with Crippen LogP contribution in [0.15, 0.2) is 24.3 Å². The van der Waals surface area contributed by atoms with E-state index in [4.69, 9.17) is 10.5 Å². The molecule has 1 aromatic carbocycles. The summed E-state index contributed by atoms with van der Waals surface area (Å²) in [4.78, 5) is 25.9. The van der Waals surface area contributed by atoms with Crippen molar-refractivity contribution in [1.29, 1.82) is 0 Å². The normalized spacial score (nSPS) is 18.7. The van der Waals surface area contributed by atoms with E-state index in [1.54, 1.807) is 17.0 Å². The van der Waals surface area contributed by atoms with Crippen LogP contribution in [0.2, 0.25) is 0 Å². The molecule has 5 nitrogen and oxygen atoms in total. The Kier molecular flexibility index (Phi) is 4.74. The zero-order valence-corrected chi connectivity index (χ0v) is 11.7. The van der Waals surface area contributed by atoms with Gasteiger partial charge in [0.2, 0.25) is 0 Å². The van der Waals surface area contributed by atoms with E-state index in [0.717, 1.165) is 18.4 Å². The molecule has 2 N–H and O–H groups in total. The lowest BCUT2D eigenvalue weighted by molar-refractivity contribution is -0.147. The van der Waals surface area contributed by atoms with Crippen molar-refractivity contribution in [2.45, 2.75) is 31.8 Å². The number of carbonyl (C=O) groups excluding carboxylic acids is 2. The maximum atomic E-state index is 12.5. The van der Waals surface area contributed by atoms with Crippen molar-refractivity contribution >= 4 is 11.9 Å². The van der Waals surface area contributed by atoms with Gasteiger partial charge in [-0.05, 0) is 37.0 Å². The van der Waals surface area contributed by atoms with Crippen molar-refractivity contribution < 1.29 is 14.3 Å². The van der Waals surface area contributed by atoms with E-state index in [-0.39, 0.29) is 11.9 Å². The molecule has 1 aromatic rings. The Morgan fingerprint density at radius 3 is 2.60 bits per heavy atom. The van der Waals surface area contributed by atoms with E-state index < -0.39 is 6.04 Å². The molecule has 2 rings (SSSR count). The van der Waals surface area contributed by atoms with Crippen molar-refractivity contribution in [3.8, 4) is 0 Å². The molecule has 0 aromatic heterocycles. The summed E-state index contributed by atoms with van der Waals surface area (Å²) in [6, 6.07) is 6.73. The number of ether oxygens (including phenoxy) is 1. The number of rotatable bonds is 3. The van der Waals surface area contributed by atoms with Crippen molar-refractivity contribution in [1.82, 2.24) is 4.90 Å². The number of esters is 1. The number of nitrogens with zero attached hydrogens (tertiary/aromatic N) is 1. The molecule has 1 aliphatic heterocycles. The topological polar surface area (TPSA) is 72.6 Å². The van der Waals surface area contributed by atoms with Crippen LogP contribution in [0, 0.1) is 0 Å². The summed E-state index contributed by atoms with van der Waals surface area (Å²) in [7, 11) is 1.36. The first-order valence-electron chi connectivity index (χ1n) is 6.85. The summed E-state index contributed by atoms with van der Waals surface area (Å²) in [6.07, 6.45) is 2.52. The second-order valence-corrected chi connectivity index (χ2v) is 4.93. The van der Waals surface area contributed by atoms with Gasteiger partial charge in [-0.1, -0.05) is 12.1 Å². The van der Waals surface area contributed by atoms with E-state index in [2.05, 4.69) is 0 Å². The fourth-order valence-electron chi connectivity index (χ4n) is 2.50. The third-order valence-electron chi connectivity index (χ3n) is 3.67. The number of hydrogen-bond donors (Lipinski definition) is 1. The van der Waals surface area contributed by atoms with Gasteiger partial charge in [0.25, 0.3) is 5.91 Å². The van der Waals surface area contributed by atoms with Crippen molar-refractivity contribution in [3.63, 3.8) is 0 Å². The lowest BCUT2D eigenvalue weighted by Crippen LogP contribution is -2.48. The number of carbonyl (C=O) groups is 2. The van der Waals surface area contributed by atoms with Crippen LogP contribution < -0.4 is 5.73 Å². The van der Waals surface area contributed by atoms with Crippen molar-refractivity contribution in [2.24, 2.45) is 5.73 Å². The molecule has 0 bridgehead atoms. The number of methoxy groups -OCH3 is 1. The van der Waals surface area contributed by atoms with Crippen LogP contribution in [0.4, 0.5) is 0 Å². The quantitative estimate of drug-likeness (QED) is 0.845. The molecule has 20 heavy (non-hydrogen) atoms. The number of benzene rings is 1. The Morgan fingerprint density at radius 1 is 1.30 bits per heavy atom. The third-order valence-corrected chi connectivity index (χ3v) is 3.67. The standard InChI is InChI=1S/C15H20N2O3/c1-20-15(19)13-4-2-3-9-17(13)14(18)12-7-5-11(10-16)6-8-12/h5-8,13H,2-4,9-10,16H2,1H3. The summed E-state index contributed by atoms with van der Waals surface area (Å²) in [5.41, 5.74) is 7.10. The molecule has 1 amide bonds. The maximum Gasteiger partial charge on any atom is 0.328 e. The molecule has 0 aliphatic carbocycles. The highest BCUT2D eigenvalue weighted by molar-refractivity contribution is 5.97. The first kappa shape index (κ1) is 14.5. The van der Waals surface area contributed by atoms with Crippen LogP contribution in [0.5, 0.6) is 0 Å². The average Bonchev–Trinajstić information content (AvgIpc) is 2.53. The van der Waals surface area contributed by atoms with Crippen LogP contribution in [0.1, 0.15) is 35.2 Å². The fourth-order valence-corrected chi connectivity index (χ4v) is 2.50. The van der Waals surface area contributed by atoms with Gasteiger partial charge in [0.1, 0.15) is 6.04 Å². The molecule has 0 spiro atoms. The van der Waals surface area contributed by atoms with Gasteiger partial charge in [-0.3, -0.25) is 4.79 Å². The minimum Gasteiger partial charge on any atom is -0.467 e. The van der Waals surface area contributed by atoms with E-state index in [1.807, 2.05) is 12.1 Å². The predicted octanol–water partition coefficient (Wildman–Crippen LogP) is 1.31. The number of piperidine rings is 1. The second-order valence-electron chi connectivity index (χ2n) is 4.93. The van der Waals surface area contributed by atoms with E-state index in [0.29, 0.717) is 25.1 Å². The van der Waals surface area contributed by atoms with Crippen molar-refractivity contribution in [3.05, 3.63) is 35.4 Å². The van der Waals surface area contributed by atoms with Gasteiger partial charge in [0.15, 0.2) is 0 Å². The largest absolute Gasteiger partial charge is 0.467 e. The van der Waals surface area contributed by atoms with Crippen LogP contribution in [-0.4, -0.2) is 36.5 Å². The van der Waals surface area contributed by atoms with Gasteiger partial charge < -0.3 is 15.4 Å². The highest BCUT2D eigenvalue weighted by Crippen LogP contribution is 2.21. The van der Waals surface area contributed by atoms with Gasteiger partial charge >= 0.3 is 5.97 Å². The first-order chi connectivity index (χ1) is 9.67. The van der Waals surface area contributed by atoms with Gasteiger partial charge in [0, 0.05) is 18.7 Å². The molecule has 0 radical (unpaired) electrons. The van der Waals surface area contributed by atoms with Gasteiger partial charge in [-0.2, -0.15) is 0 Å². The summed E-state index contributed by atoms with van der Waals surface area (Å²) >= 11 is 0. The van der Waals surface area contributed by atoms with Crippen LogP contribution in [-0.2, 0) is 16.1 Å². The first-order valence-corrected chi connectivity index (χ1v) is 6.85. The summed E-state index contributed by atoms with van der Waals surface area (Å²) in [5, 5.41) is 0. The molecular weight excluding hydrogens is 256 g/mol. The van der Waals surface area contributed by atoms with Gasteiger partial charge in [-0.25, -0.2) is 4.79 Å². The number of amides is 1. The Bertz CT molecular complexity index is 484. The predicted molar refractivity (Wildman–Crippen MR) is 75.0 cm³/mol. The monoisotopic (exact) mass is 276 g/mol. The van der Waals surface area contributed by atoms with Gasteiger partial charge in [0.05, 0.1) is 7.11 Å². The Morgan fingerprint density at radius 2 is 2.00 bits per heavy atom. The SMILES string of the molecule is COC(=O)C1CCCCN1C(=O)c1ccc(CN)cc1. The summed E-state index contributed by atoms with van der Waals surface area (Å²) < 4.78 is 4.79. The van der Waals surface area contributed by atoms with E-state index in [1.165, 1.54) is 7.11 Å². The molecule has 1 heterocycles. The summed E-state index contributed by atoms with van der Waals surface area (Å²) in [6.45, 7) is 1.04.